The van der Waals surface area contributed by atoms with Crippen LogP contribution in [0.3, 0.4) is 0 Å². The molecule has 0 radical (unpaired) electrons. The molecule has 1 aliphatic heterocycles. The summed E-state index contributed by atoms with van der Waals surface area (Å²) < 4.78 is 0. The summed E-state index contributed by atoms with van der Waals surface area (Å²) in [5.41, 5.74) is 2.44. The number of benzene rings is 1. The molecule has 1 fully saturated rings. The maximum atomic E-state index is 4.63. The first kappa shape index (κ1) is 16.0. The number of para-hydroxylation sites is 1. The Hall–Kier alpha value is -1.87. The summed E-state index contributed by atoms with van der Waals surface area (Å²) in [5, 5.41) is 3.51. The molecule has 1 aromatic heterocycles. The van der Waals surface area contributed by atoms with Gasteiger partial charge in [0.1, 0.15) is 5.82 Å². The van der Waals surface area contributed by atoms with Crippen LogP contribution in [0.5, 0.6) is 0 Å². The lowest BCUT2D eigenvalue weighted by Crippen LogP contribution is -2.34. The molecule has 2 aromatic rings. The fourth-order valence-corrected chi connectivity index (χ4v) is 3.42. The van der Waals surface area contributed by atoms with E-state index in [4.69, 9.17) is 0 Å². The minimum atomic E-state index is 0.496. The average Bonchev–Trinajstić information content (AvgIpc) is 2.62. The molecular weight excluding hydrogens is 282 g/mol. The van der Waals surface area contributed by atoms with E-state index in [0.717, 1.165) is 11.5 Å². The van der Waals surface area contributed by atoms with Gasteiger partial charge in [0.15, 0.2) is 0 Å². The maximum absolute atomic E-state index is 4.63. The molecule has 0 bridgehead atoms. The van der Waals surface area contributed by atoms with Crippen LogP contribution >= 0.6 is 0 Å². The summed E-state index contributed by atoms with van der Waals surface area (Å²) in [7, 11) is 0. The van der Waals surface area contributed by atoms with Crippen molar-refractivity contribution < 1.29 is 0 Å². The lowest BCUT2D eigenvalue weighted by atomic mass is 9.95. The molecule has 3 nitrogen and oxygen atoms in total. The third kappa shape index (κ3) is 4.11. The van der Waals surface area contributed by atoms with Gasteiger partial charge in [0.2, 0.25) is 0 Å². The molecule has 0 amide bonds. The van der Waals surface area contributed by atoms with Crippen LogP contribution in [0, 0.1) is 0 Å². The Balaban J connectivity index is 1.83. The fraction of sp³-hybridized carbons (Fsp3) is 0.450. The van der Waals surface area contributed by atoms with E-state index in [9.17, 15) is 0 Å². The highest BCUT2D eigenvalue weighted by Crippen LogP contribution is 2.35. The smallest absolute Gasteiger partial charge is 0.135 e. The van der Waals surface area contributed by atoms with Gasteiger partial charge in [0, 0.05) is 23.5 Å². The van der Waals surface area contributed by atoms with Gasteiger partial charge in [-0.25, -0.2) is 4.98 Å². The van der Waals surface area contributed by atoms with Crippen molar-refractivity contribution >= 4 is 11.5 Å². The second-order valence-corrected chi connectivity index (χ2v) is 6.33. The number of aromatic nitrogens is 1. The molecule has 122 valence electrons. The minimum Gasteiger partial charge on any atom is -0.340 e. The largest absolute Gasteiger partial charge is 0.340 e. The highest BCUT2D eigenvalue weighted by molar-refractivity contribution is 5.59. The Bertz CT molecular complexity index is 597. The molecule has 2 heterocycles. The molecule has 0 saturated carbocycles. The summed E-state index contributed by atoms with van der Waals surface area (Å²) in [6.45, 7) is 4.68. The summed E-state index contributed by atoms with van der Waals surface area (Å²) in [6.07, 6.45) is 8.28. The Morgan fingerprint density at radius 1 is 1.13 bits per heavy atom. The maximum Gasteiger partial charge on any atom is 0.135 e. The van der Waals surface area contributed by atoms with Crippen LogP contribution in [0.4, 0.5) is 11.5 Å². The number of unbranched alkanes of at least 4 members (excludes halogenated alkanes) is 1. The second kappa shape index (κ2) is 8.11. The predicted molar refractivity (Wildman–Crippen MR) is 97.0 cm³/mol. The van der Waals surface area contributed by atoms with Gasteiger partial charge in [0.05, 0.1) is 0 Å². The molecule has 1 saturated heterocycles. The van der Waals surface area contributed by atoms with Crippen molar-refractivity contribution in [1.82, 2.24) is 9.88 Å². The van der Waals surface area contributed by atoms with Crippen molar-refractivity contribution in [1.29, 1.82) is 0 Å². The van der Waals surface area contributed by atoms with Gasteiger partial charge >= 0.3 is 0 Å². The Morgan fingerprint density at radius 3 is 2.83 bits per heavy atom. The summed E-state index contributed by atoms with van der Waals surface area (Å²) in [6, 6.07) is 15.1. The zero-order valence-electron chi connectivity index (χ0n) is 14.0. The van der Waals surface area contributed by atoms with Crippen LogP contribution < -0.4 is 5.32 Å². The number of anilines is 2. The van der Waals surface area contributed by atoms with Crippen LogP contribution in [0.2, 0.25) is 0 Å². The standard InChI is InChI=1S/C20H27N3/c1-2-3-15-23-16-8-7-13-19(23)18-12-9-14-21-20(18)22-17-10-5-4-6-11-17/h4-6,9-12,14,19H,2-3,7-8,13,15-16H2,1H3,(H,21,22)/t19-/m0/s1. The molecule has 3 heteroatoms. The molecule has 0 aliphatic carbocycles. The number of nitrogens with one attached hydrogen (secondary N) is 1. The lowest BCUT2D eigenvalue weighted by molar-refractivity contribution is 0.147. The van der Waals surface area contributed by atoms with Crippen LogP contribution in [-0.4, -0.2) is 23.0 Å². The van der Waals surface area contributed by atoms with Crippen molar-refractivity contribution in [3.05, 3.63) is 54.2 Å². The van der Waals surface area contributed by atoms with E-state index < -0.39 is 0 Å². The van der Waals surface area contributed by atoms with Gasteiger partial charge in [-0.2, -0.15) is 0 Å². The molecular formula is C20H27N3. The quantitative estimate of drug-likeness (QED) is 0.799. The molecule has 3 rings (SSSR count). The summed E-state index contributed by atoms with van der Waals surface area (Å²) in [4.78, 5) is 7.28. The Kier molecular flexibility index (Phi) is 5.65. The normalized spacial score (nSPS) is 18.7. The van der Waals surface area contributed by atoms with Crippen LogP contribution in [0.15, 0.2) is 48.7 Å². The topological polar surface area (TPSA) is 28.2 Å². The predicted octanol–water partition coefficient (Wildman–Crippen LogP) is 5.15. The van der Waals surface area contributed by atoms with E-state index in [0.29, 0.717) is 6.04 Å². The molecule has 23 heavy (non-hydrogen) atoms. The Morgan fingerprint density at radius 2 is 2.00 bits per heavy atom. The highest BCUT2D eigenvalue weighted by atomic mass is 15.2. The molecule has 0 unspecified atom stereocenters. The van der Waals surface area contributed by atoms with E-state index in [1.807, 2.05) is 12.3 Å². The van der Waals surface area contributed by atoms with E-state index in [1.54, 1.807) is 0 Å². The number of nitrogens with zero attached hydrogens (tertiary/aromatic N) is 2. The molecule has 0 spiro atoms. The summed E-state index contributed by atoms with van der Waals surface area (Å²) >= 11 is 0. The zero-order chi connectivity index (χ0) is 15.9. The van der Waals surface area contributed by atoms with Gasteiger partial charge in [-0.1, -0.05) is 44.0 Å². The molecule has 1 aromatic carbocycles. The van der Waals surface area contributed by atoms with E-state index in [1.165, 1.54) is 50.8 Å². The first-order valence-corrected chi connectivity index (χ1v) is 8.89. The SMILES string of the molecule is CCCCN1CCCC[C@H]1c1cccnc1Nc1ccccc1. The highest BCUT2D eigenvalue weighted by Gasteiger charge is 2.25. The van der Waals surface area contributed by atoms with Crippen LogP contribution in [-0.2, 0) is 0 Å². The van der Waals surface area contributed by atoms with E-state index >= 15 is 0 Å². The third-order valence-electron chi connectivity index (χ3n) is 4.65. The third-order valence-corrected chi connectivity index (χ3v) is 4.65. The minimum absolute atomic E-state index is 0.496. The van der Waals surface area contributed by atoms with Gasteiger partial charge in [0.25, 0.3) is 0 Å². The van der Waals surface area contributed by atoms with Gasteiger partial charge in [-0.05, 0) is 50.6 Å². The van der Waals surface area contributed by atoms with Gasteiger partial charge in [-0.3, -0.25) is 4.90 Å². The monoisotopic (exact) mass is 309 g/mol. The van der Waals surface area contributed by atoms with Crippen LogP contribution in [0.1, 0.15) is 50.6 Å². The molecule has 1 atom stereocenters. The summed E-state index contributed by atoms with van der Waals surface area (Å²) in [5.74, 6) is 1.01. The second-order valence-electron chi connectivity index (χ2n) is 6.33. The van der Waals surface area contributed by atoms with Gasteiger partial charge < -0.3 is 5.32 Å². The number of hydrogen-bond donors (Lipinski definition) is 1. The molecule has 1 aliphatic rings. The number of likely N-dealkylation sites (tertiary alicyclic amines) is 1. The molecule has 1 N–H and O–H groups in total. The van der Waals surface area contributed by atoms with Crippen molar-refractivity contribution in [3.8, 4) is 0 Å². The average molecular weight is 309 g/mol. The zero-order valence-corrected chi connectivity index (χ0v) is 14.0. The van der Waals surface area contributed by atoms with E-state index in [-0.39, 0.29) is 0 Å². The lowest BCUT2D eigenvalue weighted by Gasteiger charge is -2.36. The van der Waals surface area contributed by atoms with Crippen molar-refractivity contribution in [2.75, 3.05) is 18.4 Å². The number of hydrogen-bond acceptors (Lipinski definition) is 3. The first-order chi connectivity index (χ1) is 11.4. The van der Waals surface area contributed by atoms with Crippen molar-refractivity contribution in [2.24, 2.45) is 0 Å². The Labute approximate surface area is 139 Å². The van der Waals surface area contributed by atoms with Gasteiger partial charge in [-0.15, -0.1) is 0 Å². The number of pyridine rings is 1. The number of piperidine rings is 1. The van der Waals surface area contributed by atoms with E-state index in [2.05, 4.69) is 58.5 Å². The first-order valence-electron chi connectivity index (χ1n) is 8.89. The number of rotatable bonds is 6. The van der Waals surface area contributed by atoms with Crippen LogP contribution in [0.25, 0.3) is 0 Å². The fourth-order valence-electron chi connectivity index (χ4n) is 3.42. The van der Waals surface area contributed by atoms with Crippen molar-refractivity contribution in [3.63, 3.8) is 0 Å². The van der Waals surface area contributed by atoms with Crippen molar-refractivity contribution in [2.45, 2.75) is 45.1 Å².